The minimum atomic E-state index is 0.317. The van der Waals surface area contributed by atoms with Crippen molar-refractivity contribution < 1.29 is 14.3 Å². The van der Waals surface area contributed by atoms with Gasteiger partial charge in [-0.2, -0.15) is 0 Å². The zero-order valence-corrected chi connectivity index (χ0v) is 17.2. The lowest BCUT2D eigenvalue weighted by atomic mass is 10.1. The summed E-state index contributed by atoms with van der Waals surface area (Å²) in [5.41, 5.74) is 4.65. The summed E-state index contributed by atoms with van der Waals surface area (Å²) in [6.45, 7) is 7.12. The topological polar surface area (TPSA) is 58.7 Å². The highest BCUT2D eigenvalue weighted by molar-refractivity contribution is 5.60. The van der Waals surface area contributed by atoms with Gasteiger partial charge in [-0.3, -0.25) is 0 Å². The Labute approximate surface area is 166 Å². The highest BCUT2D eigenvalue weighted by Crippen LogP contribution is 2.29. The summed E-state index contributed by atoms with van der Waals surface area (Å²) < 4.78 is 11.7. The van der Waals surface area contributed by atoms with Crippen LogP contribution in [0.2, 0.25) is 0 Å². The summed E-state index contributed by atoms with van der Waals surface area (Å²) in [5.74, 6) is 2.54. The monoisotopic (exact) mass is 380 g/mol. The van der Waals surface area contributed by atoms with Crippen LogP contribution in [0.3, 0.4) is 0 Å². The molecule has 3 aromatic rings. The summed E-state index contributed by atoms with van der Waals surface area (Å²) in [7, 11) is 4.11. The number of benzene rings is 2. The molecule has 1 aromatic heterocycles. The Morgan fingerprint density at radius 1 is 1.04 bits per heavy atom. The lowest BCUT2D eigenvalue weighted by Gasteiger charge is -2.10. The normalized spacial score (nSPS) is 11.2. The van der Waals surface area contributed by atoms with E-state index >= 15 is 0 Å². The van der Waals surface area contributed by atoms with E-state index in [1.807, 2.05) is 45.0 Å². The third kappa shape index (κ3) is 4.73. The Morgan fingerprint density at radius 2 is 1.68 bits per heavy atom. The van der Waals surface area contributed by atoms with Crippen molar-refractivity contribution in [2.24, 2.45) is 0 Å². The molecule has 148 valence electrons. The Bertz CT molecular complexity index is 920. The first kappa shape index (κ1) is 20.0. The van der Waals surface area contributed by atoms with Crippen molar-refractivity contribution in [3.63, 3.8) is 0 Å². The van der Waals surface area contributed by atoms with Gasteiger partial charge in [-0.25, -0.2) is 4.98 Å². The number of aromatic nitrogens is 1. The van der Waals surface area contributed by atoms with Gasteiger partial charge in [0, 0.05) is 18.5 Å². The van der Waals surface area contributed by atoms with Gasteiger partial charge in [-0.1, -0.05) is 12.1 Å². The average Bonchev–Trinajstić information content (AvgIpc) is 3.01. The van der Waals surface area contributed by atoms with Crippen LogP contribution >= 0.6 is 0 Å². The number of nitrogens with zero attached hydrogens (tertiary/aromatic N) is 2. The molecule has 0 spiro atoms. The molecule has 0 amide bonds. The predicted octanol–water partition coefficient (Wildman–Crippen LogP) is 4.66. The molecule has 0 atom stereocenters. The Morgan fingerprint density at radius 3 is 2.29 bits per heavy atom. The van der Waals surface area contributed by atoms with Crippen LogP contribution in [0.25, 0.3) is 11.5 Å². The second-order valence-electron chi connectivity index (χ2n) is 7.46. The second kappa shape index (κ2) is 8.48. The van der Waals surface area contributed by atoms with Gasteiger partial charge in [-0.05, 0) is 75.8 Å². The number of ether oxygens (including phenoxy) is 1. The zero-order chi connectivity index (χ0) is 20.3. The standard InChI is InChI=1S/C23H28N2O3/c1-15-12-19(13-16(2)22(15)26)23-24-21(17(3)28-23)10-11-27-20-8-6-18(7-9-20)14-25(4)5/h6-9,12-13,26H,10-11,14H2,1-5H3. The van der Waals surface area contributed by atoms with Gasteiger partial charge < -0.3 is 19.2 Å². The fraction of sp³-hybridized carbons (Fsp3) is 0.348. The lowest BCUT2D eigenvalue weighted by Crippen LogP contribution is -2.10. The predicted molar refractivity (Wildman–Crippen MR) is 111 cm³/mol. The molecule has 28 heavy (non-hydrogen) atoms. The maximum Gasteiger partial charge on any atom is 0.226 e. The van der Waals surface area contributed by atoms with Gasteiger partial charge in [0.2, 0.25) is 5.89 Å². The van der Waals surface area contributed by atoms with Crippen molar-refractivity contribution in [3.05, 3.63) is 64.5 Å². The van der Waals surface area contributed by atoms with Crippen LogP contribution in [0.15, 0.2) is 40.8 Å². The molecule has 0 radical (unpaired) electrons. The number of hydrogen-bond acceptors (Lipinski definition) is 5. The van der Waals surface area contributed by atoms with E-state index in [2.05, 4.69) is 36.1 Å². The average molecular weight is 380 g/mol. The molecule has 0 bridgehead atoms. The first-order valence-corrected chi connectivity index (χ1v) is 9.47. The van der Waals surface area contributed by atoms with Crippen molar-refractivity contribution in [2.75, 3.05) is 20.7 Å². The summed E-state index contributed by atoms with van der Waals surface area (Å²) in [4.78, 5) is 6.77. The van der Waals surface area contributed by atoms with Crippen molar-refractivity contribution in [2.45, 2.75) is 33.7 Å². The molecular formula is C23H28N2O3. The van der Waals surface area contributed by atoms with Gasteiger partial charge >= 0.3 is 0 Å². The van der Waals surface area contributed by atoms with E-state index in [4.69, 9.17) is 9.15 Å². The lowest BCUT2D eigenvalue weighted by molar-refractivity contribution is 0.319. The third-order valence-electron chi connectivity index (χ3n) is 4.66. The number of phenolic OH excluding ortho intramolecular Hbond substituents is 1. The highest BCUT2D eigenvalue weighted by atomic mass is 16.5. The van der Waals surface area contributed by atoms with Gasteiger partial charge in [-0.15, -0.1) is 0 Å². The number of aromatic hydroxyl groups is 1. The van der Waals surface area contributed by atoms with Crippen LogP contribution in [0.4, 0.5) is 0 Å². The molecule has 0 fully saturated rings. The number of aryl methyl sites for hydroxylation is 3. The summed E-state index contributed by atoms with van der Waals surface area (Å²) in [5, 5.41) is 9.95. The molecule has 0 aliphatic rings. The minimum Gasteiger partial charge on any atom is -0.507 e. The quantitative estimate of drug-likeness (QED) is 0.646. The van der Waals surface area contributed by atoms with Crippen LogP contribution in [0, 0.1) is 20.8 Å². The van der Waals surface area contributed by atoms with Gasteiger partial charge in [0.1, 0.15) is 17.3 Å². The zero-order valence-electron chi connectivity index (χ0n) is 17.2. The van der Waals surface area contributed by atoms with E-state index in [0.717, 1.165) is 40.4 Å². The molecule has 2 aromatic carbocycles. The van der Waals surface area contributed by atoms with Crippen LogP contribution < -0.4 is 4.74 Å². The molecule has 5 heteroatoms. The molecular weight excluding hydrogens is 352 g/mol. The van der Waals surface area contributed by atoms with Gasteiger partial charge in [0.15, 0.2) is 0 Å². The third-order valence-corrected chi connectivity index (χ3v) is 4.66. The summed E-state index contributed by atoms with van der Waals surface area (Å²) >= 11 is 0. The van der Waals surface area contributed by atoms with Crippen LogP contribution in [-0.4, -0.2) is 35.7 Å². The van der Waals surface area contributed by atoms with E-state index in [9.17, 15) is 5.11 Å². The molecule has 0 aliphatic heterocycles. The van der Waals surface area contributed by atoms with Crippen molar-refractivity contribution in [1.29, 1.82) is 0 Å². The largest absolute Gasteiger partial charge is 0.507 e. The number of oxazole rings is 1. The first-order chi connectivity index (χ1) is 13.3. The van der Waals surface area contributed by atoms with Crippen LogP contribution in [-0.2, 0) is 13.0 Å². The van der Waals surface area contributed by atoms with Crippen molar-refractivity contribution in [3.8, 4) is 23.0 Å². The summed E-state index contributed by atoms with van der Waals surface area (Å²) in [6, 6.07) is 12.0. The van der Waals surface area contributed by atoms with E-state index in [-0.39, 0.29) is 0 Å². The maximum atomic E-state index is 9.95. The highest BCUT2D eigenvalue weighted by Gasteiger charge is 2.14. The Kier molecular flexibility index (Phi) is 6.05. The molecule has 3 rings (SSSR count). The smallest absolute Gasteiger partial charge is 0.226 e. The molecule has 0 aliphatic carbocycles. The fourth-order valence-electron chi connectivity index (χ4n) is 3.18. The van der Waals surface area contributed by atoms with Gasteiger partial charge in [0.25, 0.3) is 0 Å². The number of rotatable bonds is 7. The number of hydrogen-bond donors (Lipinski definition) is 1. The SMILES string of the molecule is Cc1cc(-c2nc(CCOc3ccc(CN(C)C)cc3)c(C)o2)cc(C)c1O. The molecule has 0 saturated heterocycles. The van der Waals surface area contributed by atoms with Crippen LogP contribution in [0.5, 0.6) is 11.5 Å². The van der Waals surface area contributed by atoms with E-state index in [0.29, 0.717) is 24.7 Å². The van der Waals surface area contributed by atoms with Crippen LogP contribution in [0.1, 0.15) is 28.1 Å². The molecule has 1 N–H and O–H groups in total. The fourth-order valence-corrected chi connectivity index (χ4v) is 3.18. The first-order valence-electron chi connectivity index (χ1n) is 9.47. The van der Waals surface area contributed by atoms with Gasteiger partial charge in [0.05, 0.1) is 12.3 Å². The molecule has 0 saturated carbocycles. The molecule has 0 unspecified atom stereocenters. The molecule has 1 heterocycles. The Balaban J connectivity index is 1.63. The second-order valence-corrected chi connectivity index (χ2v) is 7.46. The van der Waals surface area contributed by atoms with E-state index in [1.54, 1.807) is 0 Å². The number of phenols is 1. The van der Waals surface area contributed by atoms with E-state index < -0.39 is 0 Å². The minimum absolute atomic E-state index is 0.317. The van der Waals surface area contributed by atoms with Crippen molar-refractivity contribution >= 4 is 0 Å². The summed E-state index contributed by atoms with van der Waals surface area (Å²) in [6.07, 6.45) is 0.671. The molecule has 5 nitrogen and oxygen atoms in total. The maximum absolute atomic E-state index is 9.95. The van der Waals surface area contributed by atoms with E-state index in [1.165, 1.54) is 5.56 Å². The Hall–Kier alpha value is -2.79. The van der Waals surface area contributed by atoms with Crippen molar-refractivity contribution in [1.82, 2.24) is 9.88 Å².